The average Bonchev–Trinajstić information content (AvgIpc) is 3.35. The van der Waals surface area contributed by atoms with E-state index in [1.807, 2.05) is 42.3 Å². The van der Waals surface area contributed by atoms with Gasteiger partial charge < -0.3 is 4.98 Å². The lowest BCUT2D eigenvalue weighted by molar-refractivity contribution is 0.0334. The highest BCUT2D eigenvalue weighted by atomic mass is 16.2. The Kier molecular flexibility index (Phi) is 3.40. The van der Waals surface area contributed by atoms with Gasteiger partial charge >= 0.3 is 0 Å². The zero-order valence-corrected chi connectivity index (χ0v) is 15.1. The molecule has 1 N–H and O–H groups in total. The second-order valence-electron chi connectivity index (χ2n) is 7.42. The molecule has 0 radical (unpaired) electrons. The monoisotopic (exact) mass is 346 g/mol. The Morgan fingerprint density at radius 1 is 1.12 bits per heavy atom. The number of para-hydroxylation sites is 1. The van der Waals surface area contributed by atoms with Crippen molar-refractivity contribution in [2.75, 3.05) is 13.1 Å². The molecule has 2 fully saturated rings. The van der Waals surface area contributed by atoms with Gasteiger partial charge in [-0.15, -0.1) is 0 Å². The van der Waals surface area contributed by atoms with E-state index >= 15 is 0 Å². The van der Waals surface area contributed by atoms with Gasteiger partial charge in [-0.1, -0.05) is 18.2 Å². The molecule has 0 unspecified atom stereocenters. The number of piperidine rings is 1. The second-order valence-corrected chi connectivity index (χ2v) is 7.42. The number of imidazole rings is 1. The Labute approximate surface area is 152 Å². The van der Waals surface area contributed by atoms with Gasteiger partial charge in [0, 0.05) is 24.2 Å². The third kappa shape index (κ3) is 2.27. The molecule has 5 heteroatoms. The topological polar surface area (TPSA) is 52.2 Å². The maximum Gasteiger partial charge on any atom is 0.268 e. The molecule has 26 heavy (non-hydrogen) atoms. The van der Waals surface area contributed by atoms with E-state index in [0.29, 0.717) is 6.04 Å². The molecule has 5 nitrogen and oxygen atoms in total. The van der Waals surface area contributed by atoms with Crippen molar-refractivity contribution in [2.24, 2.45) is 0 Å². The van der Waals surface area contributed by atoms with Crippen LogP contribution in [0, 0.1) is 13.8 Å². The van der Waals surface area contributed by atoms with Gasteiger partial charge in [0.15, 0.2) is 0 Å². The van der Waals surface area contributed by atoms with Gasteiger partial charge in [-0.3, -0.25) is 9.80 Å². The molecule has 2 saturated heterocycles. The lowest BCUT2D eigenvalue weighted by Gasteiger charge is -2.24. The fourth-order valence-electron chi connectivity index (χ4n) is 4.34. The molecule has 0 atom stereocenters. The minimum atomic E-state index is 0.125. The number of carbonyl (C=O) groups excluding carboxylic acids is 1. The molecule has 1 aromatic heterocycles. The minimum absolute atomic E-state index is 0.125. The predicted octanol–water partition coefficient (Wildman–Crippen LogP) is 3.68. The molecule has 2 aromatic carbocycles. The Morgan fingerprint density at radius 2 is 1.92 bits per heavy atom. The number of hydrogen-bond donors (Lipinski definition) is 1. The number of aromatic amines is 1. The first-order valence-corrected chi connectivity index (χ1v) is 9.26. The van der Waals surface area contributed by atoms with Gasteiger partial charge in [0.2, 0.25) is 0 Å². The van der Waals surface area contributed by atoms with Gasteiger partial charge in [0.1, 0.15) is 5.82 Å². The van der Waals surface area contributed by atoms with Crippen molar-refractivity contribution in [3.05, 3.63) is 53.1 Å². The van der Waals surface area contributed by atoms with Crippen molar-refractivity contribution in [3.8, 4) is 11.4 Å². The first-order valence-electron chi connectivity index (χ1n) is 9.26. The normalized spacial score (nSPS) is 21.7. The number of benzene rings is 2. The van der Waals surface area contributed by atoms with Crippen LogP contribution in [0.2, 0.25) is 0 Å². The highest BCUT2D eigenvalue weighted by Crippen LogP contribution is 2.31. The maximum atomic E-state index is 13.0. The molecule has 0 spiro atoms. The second kappa shape index (κ2) is 5.68. The molecule has 1 amide bonds. The molecule has 132 valence electrons. The third-order valence-corrected chi connectivity index (χ3v) is 5.74. The standard InChI is InChI=1S/C21H22N4O/c1-13-4-3-5-18-19(13)23-20(22-18)17-7-6-15(12-14(17)2)21(26)25-16-8-10-24(25)11-9-16/h3-7,12,16H,8-11H2,1-2H3,(H,22,23). The van der Waals surface area contributed by atoms with Crippen molar-refractivity contribution >= 4 is 16.9 Å². The summed E-state index contributed by atoms with van der Waals surface area (Å²) in [6.07, 6.45) is 2.20. The lowest BCUT2D eigenvalue weighted by Crippen LogP contribution is -2.38. The van der Waals surface area contributed by atoms with Crippen molar-refractivity contribution in [3.63, 3.8) is 0 Å². The molecular formula is C21H22N4O. The van der Waals surface area contributed by atoms with Gasteiger partial charge in [-0.25, -0.2) is 9.99 Å². The van der Waals surface area contributed by atoms with Crippen molar-refractivity contribution in [1.29, 1.82) is 0 Å². The number of carbonyl (C=O) groups is 1. The van der Waals surface area contributed by atoms with Crippen LogP contribution in [0.3, 0.4) is 0 Å². The average molecular weight is 346 g/mol. The van der Waals surface area contributed by atoms with Gasteiger partial charge in [-0.2, -0.15) is 0 Å². The largest absolute Gasteiger partial charge is 0.338 e. The molecule has 0 saturated carbocycles. The Morgan fingerprint density at radius 3 is 2.58 bits per heavy atom. The number of nitrogens with one attached hydrogen (secondary N) is 1. The van der Waals surface area contributed by atoms with Crippen LogP contribution in [-0.2, 0) is 0 Å². The number of hydrazine groups is 1. The van der Waals surface area contributed by atoms with E-state index in [9.17, 15) is 4.79 Å². The quantitative estimate of drug-likeness (QED) is 0.770. The number of aryl methyl sites for hydroxylation is 2. The van der Waals surface area contributed by atoms with Crippen LogP contribution < -0.4 is 0 Å². The van der Waals surface area contributed by atoms with Crippen LogP contribution in [0.4, 0.5) is 0 Å². The highest BCUT2D eigenvalue weighted by molar-refractivity contribution is 5.95. The number of nitrogens with zero attached hydrogens (tertiary/aromatic N) is 3. The fraction of sp³-hybridized carbons (Fsp3) is 0.333. The Balaban J connectivity index is 1.50. The van der Waals surface area contributed by atoms with E-state index < -0.39 is 0 Å². The maximum absolute atomic E-state index is 13.0. The van der Waals surface area contributed by atoms with E-state index in [4.69, 9.17) is 4.98 Å². The van der Waals surface area contributed by atoms with Gasteiger partial charge in [-0.05, 0) is 56.0 Å². The number of fused-ring (bicyclic) bond motifs is 3. The van der Waals surface area contributed by atoms with Crippen LogP contribution in [0.1, 0.15) is 34.3 Å². The summed E-state index contributed by atoms with van der Waals surface area (Å²) in [4.78, 5) is 21.1. The SMILES string of the molecule is Cc1cc(C(=O)N2C3CCN2CC3)ccc1-c1nc2c(C)cccc2[nH]1. The molecule has 3 aromatic rings. The zero-order chi connectivity index (χ0) is 17.8. The van der Waals surface area contributed by atoms with E-state index in [1.54, 1.807) is 0 Å². The molecule has 2 aliphatic heterocycles. The van der Waals surface area contributed by atoms with Crippen LogP contribution in [0.25, 0.3) is 22.4 Å². The minimum Gasteiger partial charge on any atom is -0.338 e. The summed E-state index contributed by atoms with van der Waals surface area (Å²) in [6.45, 7) is 6.13. The molecule has 5 rings (SSSR count). The van der Waals surface area contributed by atoms with Crippen LogP contribution in [0.15, 0.2) is 36.4 Å². The first-order chi connectivity index (χ1) is 12.6. The third-order valence-electron chi connectivity index (χ3n) is 5.74. The van der Waals surface area contributed by atoms with Gasteiger partial charge in [0.05, 0.1) is 17.1 Å². The first kappa shape index (κ1) is 15.6. The van der Waals surface area contributed by atoms with E-state index in [-0.39, 0.29) is 5.91 Å². The molecular weight excluding hydrogens is 324 g/mol. The fourth-order valence-corrected chi connectivity index (χ4v) is 4.34. The molecule has 3 heterocycles. The highest BCUT2D eigenvalue weighted by Gasteiger charge is 2.41. The molecule has 2 aliphatic rings. The van der Waals surface area contributed by atoms with Crippen LogP contribution in [-0.4, -0.2) is 45.0 Å². The zero-order valence-electron chi connectivity index (χ0n) is 15.1. The summed E-state index contributed by atoms with van der Waals surface area (Å²) >= 11 is 0. The number of H-pyrrole nitrogens is 1. The number of amides is 1. The Bertz CT molecular complexity index is 1000. The molecule has 2 bridgehead atoms. The lowest BCUT2D eigenvalue weighted by atomic mass is 10.0. The molecule has 0 aliphatic carbocycles. The van der Waals surface area contributed by atoms with Gasteiger partial charge in [0.25, 0.3) is 5.91 Å². The van der Waals surface area contributed by atoms with Crippen molar-refractivity contribution < 1.29 is 4.79 Å². The summed E-state index contributed by atoms with van der Waals surface area (Å²) in [5, 5.41) is 4.16. The number of rotatable bonds is 2. The van der Waals surface area contributed by atoms with E-state index in [0.717, 1.165) is 65.0 Å². The van der Waals surface area contributed by atoms with Crippen molar-refractivity contribution in [1.82, 2.24) is 20.0 Å². The summed E-state index contributed by atoms with van der Waals surface area (Å²) in [7, 11) is 0. The number of hydrogen-bond acceptors (Lipinski definition) is 3. The van der Waals surface area contributed by atoms with E-state index in [2.05, 4.69) is 23.0 Å². The summed E-state index contributed by atoms with van der Waals surface area (Å²) in [5.41, 5.74) is 6.07. The van der Waals surface area contributed by atoms with E-state index in [1.165, 1.54) is 0 Å². The van der Waals surface area contributed by atoms with Crippen LogP contribution in [0.5, 0.6) is 0 Å². The van der Waals surface area contributed by atoms with Crippen LogP contribution >= 0.6 is 0 Å². The summed E-state index contributed by atoms with van der Waals surface area (Å²) in [5.74, 6) is 0.982. The summed E-state index contributed by atoms with van der Waals surface area (Å²) in [6, 6.07) is 12.5. The smallest absolute Gasteiger partial charge is 0.268 e. The Hall–Kier alpha value is -2.66. The predicted molar refractivity (Wildman–Crippen MR) is 102 cm³/mol. The van der Waals surface area contributed by atoms with Crippen molar-refractivity contribution in [2.45, 2.75) is 32.7 Å². The number of aromatic nitrogens is 2. The summed E-state index contributed by atoms with van der Waals surface area (Å²) < 4.78 is 0.